The maximum absolute atomic E-state index is 13.2. The summed E-state index contributed by atoms with van der Waals surface area (Å²) in [7, 11) is -6.67. The molecule has 1 N–H and O–H groups in total. The Labute approximate surface area is 425 Å². The average Bonchev–Trinajstić information content (AvgIpc) is 3.43. The zero-order valence-electron chi connectivity index (χ0n) is 40.9. The monoisotopic (exact) mass is 965 g/mol. The van der Waals surface area contributed by atoms with Crippen LogP contribution in [0.25, 0.3) is 22.3 Å². The van der Waals surface area contributed by atoms with Gasteiger partial charge in [-0.25, -0.2) is 9.98 Å². The predicted molar refractivity (Wildman–Crippen MR) is 305 cm³/mol. The first-order valence-corrected chi connectivity index (χ1v) is 28.6. The van der Waals surface area contributed by atoms with Gasteiger partial charge in [-0.1, -0.05) is 245 Å². The third-order valence-electron chi connectivity index (χ3n) is 14.1. The van der Waals surface area contributed by atoms with Gasteiger partial charge in [0.1, 0.15) is 12.1 Å². The highest BCUT2D eigenvalue weighted by Crippen LogP contribution is 2.41. The van der Waals surface area contributed by atoms with Crippen LogP contribution in [-0.4, -0.2) is 32.5 Å². The molecule has 10 aromatic rings. The second-order valence-corrected chi connectivity index (χ2v) is 26.4. The molecule has 72 heavy (non-hydrogen) atoms. The Morgan fingerprint density at radius 3 is 1.57 bits per heavy atom. The van der Waals surface area contributed by atoms with E-state index in [-0.39, 0.29) is 5.41 Å². The van der Waals surface area contributed by atoms with Crippen molar-refractivity contribution >= 4 is 76.2 Å². The van der Waals surface area contributed by atoms with E-state index in [2.05, 4.69) is 215 Å². The van der Waals surface area contributed by atoms with Gasteiger partial charge in [0, 0.05) is 23.3 Å². The molecule has 0 radical (unpaired) electrons. The molecule has 2 heterocycles. The molecule has 0 atom stereocenters. The number of pyridine rings is 1. The highest BCUT2D eigenvalue weighted by molar-refractivity contribution is 7.21. The molecule has 0 unspecified atom stereocenters. The lowest BCUT2D eigenvalue weighted by Crippen LogP contribution is -2.77. The summed E-state index contributed by atoms with van der Waals surface area (Å²) in [6.07, 6.45) is 2.03. The average molecular weight is 966 g/mol. The number of hydrogen-bond acceptors (Lipinski definition) is 4. The van der Waals surface area contributed by atoms with Crippen LogP contribution in [0.2, 0.25) is 0 Å². The van der Waals surface area contributed by atoms with Crippen LogP contribution in [0.4, 0.5) is 17.1 Å². The van der Waals surface area contributed by atoms with E-state index in [0.717, 1.165) is 60.8 Å². The van der Waals surface area contributed by atoms with Gasteiger partial charge in [-0.3, -0.25) is 0 Å². The summed E-state index contributed by atoms with van der Waals surface area (Å²) in [4.78, 5) is 26.4. The van der Waals surface area contributed by atoms with Gasteiger partial charge >= 0.3 is 8.32 Å². The van der Waals surface area contributed by atoms with E-state index >= 15 is 0 Å². The van der Waals surface area contributed by atoms with Crippen LogP contribution in [0.3, 0.4) is 0 Å². The number of rotatable bonds is 11. The first-order chi connectivity index (χ1) is 35.1. The van der Waals surface area contributed by atoms with Gasteiger partial charge in [-0.05, 0) is 77.8 Å². The number of hydrogen-bond donors (Lipinski definition) is 1. The van der Waals surface area contributed by atoms with E-state index < -0.39 is 16.4 Å². The van der Waals surface area contributed by atoms with Crippen molar-refractivity contribution < 1.29 is 9.53 Å². The Bertz CT molecular complexity index is 3410. The van der Waals surface area contributed by atoms with E-state index in [0.29, 0.717) is 16.9 Å². The number of aryl methyl sites for hydroxylation is 1. The van der Waals surface area contributed by atoms with E-state index in [1.54, 1.807) is 0 Å². The number of para-hydroxylation sites is 2. The summed E-state index contributed by atoms with van der Waals surface area (Å²) in [6.45, 7) is 8.78. The fraction of sp³-hybridized carbons (Fsp3) is 0.0769. The number of anilines is 2. The van der Waals surface area contributed by atoms with Gasteiger partial charge in [-0.15, -0.1) is 0 Å². The van der Waals surface area contributed by atoms with Crippen molar-refractivity contribution in [1.29, 1.82) is 0 Å². The first-order valence-electron chi connectivity index (χ1n) is 24.6. The van der Waals surface area contributed by atoms with Gasteiger partial charge in [0.05, 0.1) is 22.4 Å². The number of ether oxygens (including phenoxy) is 1. The van der Waals surface area contributed by atoms with Crippen LogP contribution in [0.1, 0.15) is 31.9 Å². The molecule has 0 fully saturated rings. The zero-order chi connectivity index (χ0) is 49.3. The van der Waals surface area contributed by atoms with Gasteiger partial charge in [0.25, 0.3) is 0 Å². The van der Waals surface area contributed by atoms with Crippen molar-refractivity contribution in [2.24, 2.45) is 4.99 Å². The molecule has 0 aliphatic carbocycles. The summed E-state index contributed by atoms with van der Waals surface area (Å²) < 4.78 is 7.09. The maximum atomic E-state index is 13.2. The molecule has 1 aliphatic rings. The molecule has 0 spiro atoms. The Kier molecular flexibility index (Phi) is 12.3. The lowest BCUT2D eigenvalue weighted by molar-refractivity contribution is 0.459. The number of aromatic nitrogens is 1. The molecule has 7 heteroatoms. The summed E-state index contributed by atoms with van der Waals surface area (Å²) >= 11 is 0. The van der Waals surface area contributed by atoms with Crippen LogP contribution in [-0.2, 0) is 5.41 Å². The van der Waals surface area contributed by atoms with Gasteiger partial charge < -0.3 is 14.4 Å². The molecule has 350 valence electrons. The van der Waals surface area contributed by atoms with Crippen LogP contribution < -0.4 is 46.1 Å². The van der Waals surface area contributed by atoms with Gasteiger partial charge in [0.15, 0.2) is 8.07 Å². The fourth-order valence-electron chi connectivity index (χ4n) is 10.5. The van der Waals surface area contributed by atoms with Gasteiger partial charge in [-0.2, -0.15) is 0 Å². The Hall–Kier alpha value is -8.21. The lowest BCUT2D eigenvalue weighted by Gasteiger charge is -2.44. The third kappa shape index (κ3) is 8.31. The largest absolute Gasteiger partial charge is 0.439 e. The Morgan fingerprint density at radius 1 is 0.542 bits per heavy atom. The lowest BCUT2D eigenvalue weighted by atomic mass is 9.88. The van der Waals surface area contributed by atoms with E-state index in [4.69, 9.17) is 14.7 Å². The van der Waals surface area contributed by atoms with E-state index in [1.165, 1.54) is 20.7 Å². The quantitative estimate of drug-likeness (QED) is 0.0797. The molecule has 0 saturated heterocycles. The van der Waals surface area contributed by atoms with Crippen molar-refractivity contribution in [3.8, 4) is 33.9 Å². The Morgan fingerprint density at radius 2 is 1.04 bits per heavy atom. The van der Waals surface area contributed by atoms with Crippen LogP contribution in [0.15, 0.2) is 254 Å². The van der Waals surface area contributed by atoms with Crippen molar-refractivity contribution in [3.63, 3.8) is 0 Å². The summed E-state index contributed by atoms with van der Waals surface area (Å²) in [6, 6.07) is 87.0. The predicted octanol–water partition coefficient (Wildman–Crippen LogP) is 11.0. The second-order valence-electron chi connectivity index (χ2n) is 19.6. The minimum atomic E-state index is -3.62. The summed E-state index contributed by atoms with van der Waals surface area (Å²) in [5.41, 5.74) is 9.08. The minimum absolute atomic E-state index is 0.284. The number of fused-ring (bicyclic) bond motifs is 2. The SMILES string of the molecule is Cc1cccc2c1N(C=Nc1c(-c3ccccc3)cccc1-c1ccccc1)c1cc(Oc3cc(C(C)(C)C)cc([Si](O)(c4ccccc4)c4ccccc4)n3)ccc1[Si]2(c1ccccc1)c1ccccc1. The highest BCUT2D eigenvalue weighted by Gasteiger charge is 2.49. The normalized spacial score (nSPS) is 13.1. The molecule has 1 aromatic heterocycles. The first kappa shape index (κ1) is 46.2. The van der Waals surface area contributed by atoms with Crippen molar-refractivity contribution in [2.75, 3.05) is 4.90 Å². The number of benzene rings is 9. The molecule has 5 nitrogen and oxygen atoms in total. The maximum Gasteiger partial charge on any atom is 0.304 e. The molecule has 0 amide bonds. The molecule has 0 bridgehead atoms. The molecule has 9 aromatic carbocycles. The molecule has 11 rings (SSSR count). The van der Waals surface area contributed by atoms with Crippen molar-refractivity contribution in [2.45, 2.75) is 33.1 Å². The fourth-order valence-corrected chi connectivity index (χ4v) is 18.6. The molecular formula is C65H55N3O2Si2. The number of nitrogens with zero attached hydrogens (tertiary/aromatic N) is 3. The summed E-state index contributed by atoms with van der Waals surface area (Å²) in [5, 5.41) is 7.38. The smallest absolute Gasteiger partial charge is 0.304 e. The zero-order valence-corrected chi connectivity index (χ0v) is 42.9. The second kappa shape index (κ2) is 19.2. The summed E-state index contributed by atoms with van der Waals surface area (Å²) in [5.74, 6) is 1.04. The third-order valence-corrected chi connectivity index (χ3v) is 22.3. The number of aliphatic imine (C=N–C) groups is 1. The van der Waals surface area contributed by atoms with Crippen molar-refractivity contribution in [3.05, 3.63) is 260 Å². The van der Waals surface area contributed by atoms with Crippen molar-refractivity contribution in [1.82, 2.24) is 4.98 Å². The topological polar surface area (TPSA) is 58.0 Å². The standard InChI is InChI=1S/C65H55N3O2Si2/c1-47-25-23-40-60-64(47)68(46-66-63-56(48-26-11-5-12-27-48)38-24-39-57(63)49-28-13-6-14-29-49)58-45-51(41-42-59(58)71(60,52-30-15-7-16-31-52)53-32-17-8-18-33-53)70-61-43-50(65(2,3)4)44-62(67-61)72(69,54-34-19-9-20-35-54)55-36-21-10-22-37-55/h5-46,69H,1-4H3. The highest BCUT2D eigenvalue weighted by atomic mass is 28.4. The molecule has 0 saturated carbocycles. The van der Waals surface area contributed by atoms with Gasteiger partial charge in [0.2, 0.25) is 5.88 Å². The molecular weight excluding hydrogens is 911 g/mol. The molecule has 1 aliphatic heterocycles. The minimum Gasteiger partial charge on any atom is -0.439 e. The van der Waals surface area contributed by atoms with Crippen LogP contribution in [0.5, 0.6) is 11.6 Å². The Balaban J connectivity index is 1.15. The van der Waals surface area contributed by atoms with Crippen LogP contribution in [0, 0.1) is 6.92 Å². The van der Waals surface area contributed by atoms with E-state index in [1.807, 2.05) is 73.1 Å². The van der Waals surface area contributed by atoms with Crippen LogP contribution >= 0.6 is 0 Å². The van der Waals surface area contributed by atoms with E-state index in [9.17, 15) is 4.80 Å².